The van der Waals surface area contributed by atoms with Gasteiger partial charge in [0, 0.05) is 48.8 Å². The molecule has 9 nitrogen and oxygen atoms in total. The quantitative estimate of drug-likeness (QED) is 0.191. The van der Waals surface area contributed by atoms with Gasteiger partial charge in [-0.1, -0.05) is 54.0 Å². The van der Waals surface area contributed by atoms with Crippen LogP contribution in [0.25, 0.3) is 0 Å². The van der Waals surface area contributed by atoms with Gasteiger partial charge in [0.2, 0.25) is 0 Å². The van der Waals surface area contributed by atoms with Gasteiger partial charge < -0.3 is 19.8 Å². The molecule has 10 heteroatoms. The van der Waals surface area contributed by atoms with Crippen molar-refractivity contribution < 1.29 is 29.3 Å². The highest BCUT2D eigenvalue weighted by molar-refractivity contribution is 7.07. The first kappa shape index (κ1) is 42.5. The Bertz CT molecular complexity index is 1650. The van der Waals surface area contributed by atoms with Crippen molar-refractivity contribution in [2.75, 3.05) is 33.7 Å². The van der Waals surface area contributed by atoms with Crippen molar-refractivity contribution in [1.82, 2.24) is 14.8 Å². The summed E-state index contributed by atoms with van der Waals surface area (Å²) < 4.78 is 6.19. The van der Waals surface area contributed by atoms with Gasteiger partial charge in [-0.2, -0.15) is 0 Å². The van der Waals surface area contributed by atoms with Crippen LogP contribution < -0.4 is 0 Å². The Kier molecular flexibility index (Phi) is 11.5. The Morgan fingerprint density at radius 1 is 0.982 bits per heavy atom. The van der Waals surface area contributed by atoms with Crippen LogP contribution in [-0.2, 0) is 25.7 Å². The van der Waals surface area contributed by atoms with E-state index >= 15 is 0 Å². The molecule has 5 aliphatic carbocycles. The minimum Gasteiger partial charge on any atom is -0.481 e. The van der Waals surface area contributed by atoms with Crippen LogP contribution in [0.15, 0.2) is 22.0 Å². The maximum absolute atomic E-state index is 14.3. The van der Waals surface area contributed by atoms with Crippen molar-refractivity contribution in [3.63, 3.8) is 0 Å². The van der Waals surface area contributed by atoms with Gasteiger partial charge in [0.15, 0.2) is 5.78 Å². The van der Waals surface area contributed by atoms with Crippen LogP contribution in [-0.4, -0.2) is 88.7 Å². The number of aromatic nitrogens is 1. The average Bonchev–Trinajstić information content (AvgIpc) is 3.70. The third-order valence-electron chi connectivity index (χ3n) is 16.7. The summed E-state index contributed by atoms with van der Waals surface area (Å²) in [5.41, 5.74) is 3.35. The molecule has 0 aromatic carbocycles. The molecule has 1 aromatic rings. The molecule has 0 aliphatic heterocycles. The van der Waals surface area contributed by atoms with Gasteiger partial charge in [-0.3, -0.25) is 19.3 Å². The van der Waals surface area contributed by atoms with E-state index in [2.05, 4.69) is 82.7 Å². The summed E-state index contributed by atoms with van der Waals surface area (Å²) in [6.07, 6.45) is 7.22. The summed E-state index contributed by atoms with van der Waals surface area (Å²) in [6.45, 7) is 22.6. The second-order valence-corrected chi connectivity index (χ2v) is 21.8. The second-order valence-electron chi connectivity index (χ2n) is 21.1. The van der Waals surface area contributed by atoms with Crippen molar-refractivity contribution >= 4 is 29.1 Å². The lowest BCUT2D eigenvalue weighted by Gasteiger charge is -2.72. The lowest BCUT2D eigenvalue weighted by molar-refractivity contribution is -0.235. The number of hydrogen-bond donors (Lipinski definition) is 2. The van der Waals surface area contributed by atoms with Crippen LogP contribution in [0.4, 0.5) is 0 Å². The second kappa shape index (κ2) is 14.9. The number of allylic oxidation sites excluding steroid dienone is 1. The van der Waals surface area contributed by atoms with Crippen molar-refractivity contribution in [3.8, 4) is 0 Å². The highest BCUT2D eigenvalue weighted by Crippen LogP contribution is 2.77. The number of ketones is 1. The van der Waals surface area contributed by atoms with Gasteiger partial charge in [-0.25, -0.2) is 4.98 Å². The number of nitrogens with zero attached hydrogens (tertiary/aromatic N) is 3. The van der Waals surface area contributed by atoms with Gasteiger partial charge in [0.05, 0.1) is 29.1 Å². The maximum Gasteiger partial charge on any atom is 0.309 e. The fourth-order valence-corrected chi connectivity index (χ4v) is 14.0. The summed E-state index contributed by atoms with van der Waals surface area (Å²) in [5.74, 6) is 0.0503. The lowest BCUT2D eigenvalue weighted by Crippen LogP contribution is -2.66. The molecule has 0 amide bonds. The molecule has 4 saturated carbocycles. The van der Waals surface area contributed by atoms with Crippen molar-refractivity contribution in [3.05, 3.63) is 27.7 Å². The van der Waals surface area contributed by atoms with Gasteiger partial charge in [-0.05, 0) is 125 Å². The van der Waals surface area contributed by atoms with Gasteiger partial charge in [-0.15, -0.1) is 11.3 Å². The number of aliphatic hydroxyl groups excluding tert-OH is 1. The Hall–Kier alpha value is -2.14. The van der Waals surface area contributed by atoms with E-state index in [-0.39, 0.29) is 51.8 Å². The van der Waals surface area contributed by atoms with E-state index in [4.69, 9.17) is 4.74 Å². The van der Waals surface area contributed by atoms with E-state index in [1.54, 1.807) is 25.2 Å². The van der Waals surface area contributed by atoms with Crippen LogP contribution in [0, 0.1) is 56.2 Å². The van der Waals surface area contributed by atoms with E-state index in [1.807, 2.05) is 5.51 Å². The normalized spacial score (nSPS) is 36.4. The summed E-state index contributed by atoms with van der Waals surface area (Å²) in [7, 11) is 4.17. The van der Waals surface area contributed by atoms with Gasteiger partial charge >= 0.3 is 11.9 Å². The van der Waals surface area contributed by atoms with Crippen LogP contribution >= 0.6 is 11.3 Å². The number of carbonyl (C=O) groups excluding carboxylic acids is 2. The number of rotatable bonds is 13. The number of aliphatic carboxylic acids is 1. The number of aliphatic hydroxyl groups is 1. The smallest absolute Gasteiger partial charge is 0.309 e. The van der Waals surface area contributed by atoms with Crippen LogP contribution in [0.1, 0.15) is 132 Å². The first-order chi connectivity index (χ1) is 25.5. The molecular weight excluding hydrogens is 711 g/mol. The largest absolute Gasteiger partial charge is 0.481 e. The number of hydrogen-bond acceptors (Lipinski definition) is 9. The molecule has 4 fully saturated rings. The number of likely N-dealkylation sites (N-methyl/N-ethyl adjacent to an activating group) is 1. The fraction of sp³-hybridized carbons (Fsp3) is 0.822. The molecule has 5 aliphatic rings. The van der Waals surface area contributed by atoms with E-state index in [0.717, 1.165) is 75.7 Å². The topological polar surface area (TPSA) is 120 Å². The van der Waals surface area contributed by atoms with E-state index in [1.165, 1.54) is 5.57 Å². The molecule has 55 heavy (non-hydrogen) atoms. The molecule has 0 spiro atoms. The predicted octanol–water partition coefficient (Wildman–Crippen LogP) is 8.26. The molecule has 0 radical (unpaired) electrons. The van der Waals surface area contributed by atoms with Gasteiger partial charge in [0.25, 0.3) is 0 Å². The number of Topliss-reactive ketones (excluding diaryl/α,β-unsaturated/α-hetero) is 1. The number of thiazole rings is 1. The molecule has 1 heterocycles. The summed E-state index contributed by atoms with van der Waals surface area (Å²) in [5, 5.41) is 24.3. The molecular formula is C45H71N3O6S. The third kappa shape index (κ3) is 7.09. The van der Waals surface area contributed by atoms with Crippen LogP contribution in [0.2, 0.25) is 0 Å². The standard InChI is InChI=1S/C45H71N3O6S/c1-28(2)37-31(49)22-45(34(50)25-48(21-20-47(10)11)24-29-26-55-27-46-29)19-18-43(8)30(38(37)45)12-13-33-42(7)16-15-35(54-36(51)23-40(3,4)39(52)53)41(5,6)32(42)14-17-44(33,43)9/h26-28,30,32-35,50H,12-25H2,1-11H3,(H,52,53). The Morgan fingerprint density at radius 3 is 2.31 bits per heavy atom. The average molecular weight is 782 g/mol. The first-order valence-electron chi connectivity index (χ1n) is 21.2. The minimum absolute atomic E-state index is 0.0196. The van der Waals surface area contributed by atoms with E-state index in [9.17, 15) is 24.6 Å². The molecule has 308 valence electrons. The lowest BCUT2D eigenvalue weighted by atomic mass is 9.33. The highest BCUT2D eigenvalue weighted by Gasteiger charge is 2.71. The Balaban J connectivity index is 1.28. The van der Waals surface area contributed by atoms with E-state index in [0.29, 0.717) is 31.3 Å². The minimum atomic E-state index is -1.17. The number of ether oxygens (including phenoxy) is 1. The third-order valence-corrected chi connectivity index (χ3v) is 17.3. The van der Waals surface area contributed by atoms with Crippen molar-refractivity contribution in [1.29, 1.82) is 0 Å². The first-order valence-corrected chi connectivity index (χ1v) is 22.1. The van der Waals surface area contributed by atoms with E-state index < -0.39 is 28.9 Å². The highest BCUT2D eigenvalue weighted by atomic mass is 32.1. The zero-order valence-corrected chi connectivity index (χ0v) is 36.6. The van der Waals surface area contributed by atoms with Crippen LogP contribution in [0.3, 0.4) is 0 Å². The summed E-state index contributed by atoms with van der Waals surface area (Å²) in [4.78, 5) is 48.3. The molecule has 1 aromatic heterocycles. The zero-order chi connectivity index (χ0) is 40.5. The Labute approximate surface area is 335 Å². The molecule has 0 bridgehead atoms. The van der Waals surface area contributed by atoms with Crippen molar-refractivity contribution in [2.24, 2.45) is 56.2 Å². The summed E-state index contributed by atoms with van der Waals surface area (Å²) >= 11 is 1.60. The van der Waals surface area contributed by atoms with Crippen LogP contribution in [0.5, 0.6) is 0 Å². The molecule has 0 saturated heterocycles. The zero-order valence-electron chi connectivity index (χ0n) is 35.8. The molecule has 6 rings (SSSR count). The number of carboxylic acids is 1. The van der Waals surface area contributed by atoms with Crippen molar-refractivity contribution in [2.45, 2.75) is 145 Å². The fourth-order valence-electron chi connectivity index (χ4n) is 13.5. The monoisotopic (exact) mass is 782 g/mol. The number of esters is 1. The number of carboxylic acid groups (broad SMARTS) is 1. The molecule has 9 unspecified atom stereocenters. The number of carbonyl (C=O) groups is 3. The Morgan fingerprint density at radius 2 is 1.69 bits per heavy atom. The summed E-state index contributed by atoms with van der Waals surface area (Å²) in [6, 6.07) is 0. The SMILES string of the molecule is CC(C)C1=C2C3CCC4C5(C)CCC(OC(=O)CC(C)(C)C(=O)O)C(C)(C)C5CCC4(C)C3(C)CCC2(C(O)CN(CCN(C)C)Cc2cscn2)CC1=O. The maximum atomic E-state index is 14.3. The predicted molar refractivity (Wildman–Crippen MR) is 217 cm³/mol. The molecule has 2 N–H and O–H groups in total. The van der Waals surface area contributed by atoms with Gasteiger partial charge in [0.1, 0.15) is 6.10 Å². The molecule has 9 atom stereocenters. The number of fused-ring (bicyclic) bond motifs is 7.